The monoisotopic (exact) mass is 226 g/mol. The van der Waals surface area contributed by atoms with Crippen molar-refractivity contribution in [3.8, 4) is 0 Å². The Morgan fingerprint density at radius 1 is 1.31 bits per heavy atom. The second-order valence-corrected chi connectivity index (χ2v) is 6.31. The van der Waals surface area contributed by atoms with Crippen molar-refractivity contribution in [1.82, 2.24) is 10.2 Å². The van der Waals surface area contributed by atoms with E-state index in [2.05, 4.69) is 44.8 Å². The molecule has 0 radical (unpaired) electrons. The number of rotatable bonds is 6. The van der Waals surface area contributed by atoms with E-state index in [0.29, 0.717) is 11.5 Å². The standard InChI is InChI=1S/C14H30N2/c1-6-8-15-10-12(2)13(3)16-9-7-14(4,5)11-16/h12-13,15H,6-11H2,1-5H3. The minimum atomic E-state index is 0.533. The molecule has 2 unspecified atom stereocenters. The molecule has 16 heavy (non-hydrogen) atoms. The van der Waals surface area contributed by atoms with Crippen molar-refractivity contribution < 1.29 is 0 Å². The molecule has 0 aromatic carbocycles. The van der Waals surface area contributed by atoms with Gasteiger partial charge in [0.25, 0.3) is 0 Å². The van der Waals surface area contributed by atoms with E-state index in [1.54, 1.807) is 0 Å². The van der Waals surface area contributed by atoms with E-state index in [0.717, 1.165) is 19.0 Å². The molecule has 0 saturated carbocycles. The first kappa shape index (κ1) is 14.0. The van der Waals surface area contributed by atoms with Gasteiger partial charge in [0.1, 0.15) is 0 Å². The minimum Gasteiger partial charge on any atom is -0.316 e. The molecule has 1 aliphatic heterocycles. The van der Waals surface area contributed by atoms with Crippen LogP contribution >= 0.6 is 0 Å². The maximum Gasteiger partial charge on any atom is 0.0105 e. The summed E-state index contributed by atoms with van der Waals surface area (Å²) >= 11 is 0. The first-order valence-electron chi connectivity index (χ1n) is 6.91. The highest BCUT2D eigenvalue weighted by Gasteiger charge is 2.33. The van der Waals surface area contributed by atoms with Crippen LogP contribution in [0.15, 0.2) is 0 Å². The Hall–Kier alpha value is -0.0800. The summed E-state index contributed by atoms with van der Waals surface area (Å²) in [5.41, 5.74) is 0.533. The number of nitrogens with zero attached hydrogens (tertiary/aromatic N) is 1. The lowest BCUT2D eigenvalue weighted by Gasteiger charge is -2.31. The molecule has 2 heteroatoms. The molecule has 0 aromatic rings. The Labute approximate surface area is 102 Å². The molecule has 1 saturated heterocycles. The first-order valence-corrected chi connectivity index (χ1v) is 6.91. The average Bonchev–Trinajstić information content (AvgIpc) is 2.58. The van der Waals surface area contributed by atoms with Crippen LogP contribution in [-0.4, -0.2) is 37.1 Å². The lowest BCUT2D eigenvalue weighted by atomic mass is 9.93. The molecule has 0 aliphatic carbocycles. The fourth-order valence-electron chi connectivity index (χ4n) is 2.54. The summed E-state index contributed by atoms with van der Waals surface area (Å²) in [6.45, 7) is 16.6. The van der Waals surface area contributed by atoms with E-state index in [-0.39, 0.29) is 0 Å². The second kappa shape index (κ2) is 6.02. The van der Waals surface area contributed by atoms with Crippen molar-refractivity contribution in [2.45, 2.75) is 53.5 Å². The molecule has 1 aliphatic rings. The second-order valence-electron chi connectivity index (χ2n) is 6.31. The summed E-state index contributed by atoms with van der Waals surface area (Å²) in [5.74, 6) is 0.750. The molecule has 1 heterocycles. The summed E-state index contributed by atoms with van der Waals surface area (Å²) < 4.78 is 0. The van der Waals surface area contributed by atoms with Crippen LogP contribution < -0.4 is 5.32 Å². The molecule has 1 rings (SSSR count). The lowest BCUT2D eigenvalue weighted by Crippen LogP contribution is -2.40. The van der Waals surface area contributed by atoms with Crippen LogP contribution in [0.25, 0.3) is 0 Å². The van der Waals surface area contributed by atoms with Crippen LogP contribution in [0.3, 0.4) is 0 Å². The predicted molar refractivity (Wildman–Crippen MR) is 71.8 cm³/mol. The van der Waals surface area contributed by atoms with E-state index in [4.69, 9.17) is 0 Å². The quantitative estimate of drug-likeness (QED) is 0.701. The average molecular weight is 226 g/mol. The molecule has 0 aromatic heterocycles. The third-order valence-corrected chi connectivity index (χ3v) is 4.00. The maximum absolute atomic E-state index is 3.53. The summed E-state index contributed by atoms with van der Waals surface area (Å²) in [6, 6.07) is 0.714. The van der Waals surface area contributed by atoms with Crippen molar-refractivity contribution in [2.24, 2.45) is 11.3 Å². The van der Waals surface area contributed by atoms with Gasteiger partial charge in [0.05, 0.1) is 0 Å². The van der Waals surface area contributed by atoms with Gasteiger partial charge >= 0.3 is 0 Å². The molecule has 2 atom stereocenters. The zero-order chi connectivity index (χ0) is 12.2. The molecule has 1 fully saturated rings. The molecule has 96 valence electrons. The Bertz CT molecular complexity index is 201. The number of hydrogen-bond donors (Lipinski definition) is 1. The number of nitrogens with one attached hydrogen (secondary N) is 1. The highest BCUT2D eigenvalue weighted by atomic mass is 15.2. The fourth-order valence-corrected chi connectivity index (χ4v) is 2.54. The summed E-state index contributed by atoms with van der Waals surface area (Å²) in [6.07, 6.45) is 2.59. The van der Waals surface area contributed by atoms with Crippen molar-refractivity contribution in [3.05, 3.63) is 0 Å². The molecule has 0 bridgehead atoms. The Kier molecular flexibility index (Phi) is 5.26. The SMILES string of the molecule is CCCNCC(C)C(C)N1CCC(C)(C)C1. The van der Waals surface area contributed by atoms with Crippen molar-refractivity contribution in [2.75, 3.05) is 26.2 Å². The highest BCUT2D eigenvalue weighted by molar-refractivity contribution is 4.87. The number of hydrogen-bond acceptors (Lipinski definition) is 2. The largest absolute Gasteiger partial charge is 0.316 e. The number of likely N-dealkylation sites (tertiary alicyclic amines) is 1. The van der Waals surface area contributed by atoms with E-state index < -0.39 is 0 Å². The van der Waals surface area contributed by atoms with Gasteiger partial charge < -0.3 is 5.32 Å². The third-order valence-electron chi connectivity index (χ3n) is 4.00. The zero-order valence-electron chi connectivity index (χ0n) is 11.8. The van der Waals surface area contributed by atoms with Gasteiger partial charge in [-0.3, -0.25) is 4.90 Å². The molecular formula is C14H30N2. The minimum absolute atomic E-state index is 0.533. The maximum atomic E-state index is 3.53. The topological polar surface area (TPSA) is 15.3 Å². The van der Waals surface area contributed by atoms with Crippen LogP contribution in [-0.2, 0) is 0 Å². The first-order chi connectivity index (χ1) is 7.46. The Morgan fingerprint density at radius 3 is 2.50 bits per heavy atom. The molecule has 0 amide bonds. The van der Waals surface area contributed by atoms with Gasteiger partial charge in [-0.15, -0.1) is 0 Å². The van der Waals surface area contributed by atoms with Gasteiger partial charge in [-0.1, -0.05) is 27.7 Å². The van der Waals surface area contributed by atoms with Gasteiger partial charge in [-0.25, -0.2) is 0 Å². The van der Waals surface area contributed by atoms with Crippen molar-refractivity contribution in [3.63, 3.8) is 0 Å². The Morgan fingerprint density at radius 2 is 2.00 bits per heavy atom. The molecule has 2 nitrogen and oxygen atoms in total. The molecule has 0 spiro atoms. The van der Waals surface area contributed by atoms with Crippen molar-refractivity contribution >= 4 is 0 Å². The summed E-state index contributed by atoms with van der Waals surface area (Å²) in [5, 5.41) is 3.53. The summed E-state index contributed by atoms with van der Waals surface area (Å²) in [4.78, 5) is 2.66. The molecule has 1 N–H and O–H groups in total. The normalized spacial score (nSPS) is 24.6. The van der Waals surface area contributed by atoms with Gasteiger partial charge in [0.15, 0.2) is 0 Å². The predicted octanol–water partition coefficient (Wildman–Crippen LogP) is 2.74. The van der Waals surface area contributed by atoms with Crippen LogP contribution in [0.2, 0.25) is 0 Å². The van der Waals surface area contributed by atoms with Gasteiger partial charge in [-0.05, 0) is 50.7 Å². The van der Waals surface area contributed by atoms with E-state index in [9.17, 15) is 0 Å². The zero-order valence-corrected chi connectivity index (χ0v) is 11.8. The lowest BCUT2D eigenvalue weighted by molar-refractivity contribution is 0.178. The van der Waals surface area contributed by atoms with Crippen LogP contribution in [0.5, 0.6) is 0 Å². The van der Waals surface area contributed by atoms with E-state index in [1.165, 1.54) is 25.9 Å². The summed E-state index contributed by atoms with van der Waals surface area (Å²) in [7, 11) is 0. The van der Waals surface area contributed by atoms with Gasteiger partial charge in [0, 0.05) is 12.6 Å². The third kappa shape index (κ3) is 4.06. The smallest absolute Gasteiger partial charge is 0.0105 e. The fraction of sp³-hybridized carbons (Fsp3) is 1.00. The van der Waals surface area contributed by atoms with E-state index >= 15 is 0 Å². The van der Waals surface area contributed by atoms with Crippen LogP contribution in [0.4, 0.5) is 0 Å². The Balaban J connectivity index is 2.31. The van der Waals surface area contributed by atoms with Gasteiger partial charge in [0.2, 0.25) is 0 Å². The van der Waals surface area contributed by atoms with E-state index in [1.807, 2.05) is 0 Å². The van der Waals surface area contributed by atoms with Crippen LogP contribution in [0.1, 0.15) is 47.5 Å². The highest BCUT2D eigenvalue weighted by Crippen LogP contribution is 2.31. The van der Waals surface area contributed by atoms with Gasteiger partial charge in [-0.2, -0.15) is 0 Å². The molecular weight excluding hydrogens is 196 g/mol. The van der Waals surface area contributed by atoms with Crippen molar-refractivity contribution in [1.29, 1.82) is 0 Å². The van der Waals surface area contributed by atoms with Crippen LogP contribution in [0, 0.1) is 11.3 Å².